The van der Waals surface area contributed by atoms with Crippen molar-refractivity contribution in [1.82, 2.24) is 5.32 Å². The standard InChI is InChI=1S/C19H24ClFN2O2/c20-16-9-14(21)5-6-15(16)19(7-8-19)11-23-18(25)17(22)13-3-1-12(10-24)2-4-13/h5-6,9-10,12-13,17H,1-4,7-8,11,22H2,(H,23,25). The lowest BCUT2D eigenvalue weighted by Crippen LogP contribution is -2.48. The zero-order chi connectivity index (χ0) is 18.0. The Kier molecular flexibility index (Phi) is 5.44. The largest absolute Gasteiger partial charge is 0.354 e. The van der Waals surface area contributed by atoms with Gasteiger partial charge in [-0.05, 0) is 62.1 Å². The molecule has 0 aliphatic heterocycles. The minimum absolute atomic E-state index is 0.113. The first-order valence-electron chi connectivity index (χ1n) is 8.89. The van der Waals surface area contributed by atoms with Crippen molar-refractivity contribution in [3.63, 3.8) is 0 Å². The highest BCUT2D eigenvalue weighted by Gasteiger charge is 2.46. The molecule has 2 saturated carbocycles. The van der Waals surface area contributed by atoms with Crippen molar-refractivity contribution in [2.24, 2.45) is 17.6 Å². The summed E-state index contributed by atoms with van der Waals surface area (Å²) in [6, 6.07) is 3.88. The second kappa shape index (κ2) is 7.42. The van der Waals surface area contributed by atoms with Crippen molar-refractivity contribution in [1.29, 1.82) is 0 Å². The van der Waals surface area contributed by atoms with Crippen molar-refractivity contribution < 1.29 is 14.0 Å². The smallest absolute Gasteiger partial charge is 0.237 e. The zero-order valence-electron chi connectivity index (χ0n) is 14.1. The van der Waals surface area contributed by atoms with E-state index in [2.05, 4.69) is 5.32 Å². The molecule has 1 atom stereocenters. The highest BCUT2D eigenvalue weighted by atomic mass is 35.5. The minimum atomic E-state index is -0.549. The Morgan fingerprint density at radius 3 is 2.60 bits per heavy atom. The Bertz CT molecular complexity index is 655. The van der Waals surface area contributed by atoms with Crippen LogP contribution in [0.15, 0.2) is 18.2 Å². The molecular formula is C19H24ClFN2O2. The van der Waals surface area contributed by atoms with Gasteiger partial charge in [0, 0.05) is 22.9 Å². The summed E-state index contributed by atoms with van der Waals surface area (Å²) in [4.78, 5) is 23.3. The number of hydrogen-bond acceptors (Lipinski definition) is 3. The average Bonchev–Trinajstić information content (AvgIpc) is 3.40. The Morgan fingerprint density at radius 2 is 2.04 bits per heavy atom. The molecule has 136 valence electrons. The van der Waals surface area contributed by atoms with Crippen molar-refractivity contribution in [3.8, 4) is 0 Å². The third-order valence-corrected chi connectivity index (χ3v) is 6.09. The number of carbonyl (C=O) groups is 2. The van der Waals surface area contributed by atoms with Crippen molar-refractivity contribution in [2.45, 2.75) is 50.0 Å². The Hall–Kier alpha value is -1.46. The van der Waals surface area contributed by atoms with Crippen LogP contribution in [0.2, 0.25) is 5.02 Å². The topological polar surface area (TPSA) is 72.2 Å². The van der Waals surface area contributed by atoms with Crippen LogP contribution in [0.5, 0.6) is 0 Å². The van der Waals surface area contributed by atoms with Crippen LogP contribution in [0.3, 0.4) is 0 Å². The van der Waals surface area contributed by atoms with Gasteiger partial charge in [0.2, 0.25) is 5.91 Å². The summed E-state index contributed by atoms with van der Waals surface area (Å²) in [5, 5.41) is 3.37. The Morgan fingerprint density at radius 1 is 1.36 bits per heavy atom. The molecule has 6 heteroatoms. The summed E-state index contributed by atoms with van der Waals surface area (Å²) >= 11 is 6.18. The van der Waals surface area contributed by atoms with E-state index in [1.54, 1.807) is 6.07 Å². The number of amides is 1. The van der Waals surface area contributed by atoms with Gasteiger partial charge in [-0.25, -0.2) is 4.39 Å². The van der Waals surface area contributed by atoms with E-state index in [1.165, 1.54) is 12.1 Å². The molecule has 3 N–H and O–H groups in total. The number of aldehydes is 1. The van der Waals surface area contributed by atoms with E-state index < -0.39 is 6.04 Å². The van der Waals surface area contributed by atoms with Crippen molar-refractivity contribution in [3.05, 3.63) is 34.6 Å². The molecule has 1 aromatic rings. The first-order chi connectivity index (χ1) is 11.9. The fraction of sp³-hybridized carbons (Fsp3) is 0.579. The number of rotatable bonds is 6. The molecule has 0 saturated heterocycles. The number of carbonyl (C=O) groups excluding carboxylic acids is 2. The number of nitrogens with two attached hydrogens (primary N) is 1. The molecule has 1 aromatic carbocycles. The predicted octanol–water partition coefficient (Wildman–Crippen LogP) is 2.96. The molecular weight excluding hydrogens is 343 g/mol. The maximum absolute atomic E-state index is 13.2. The van der Waals surface area contributed by atoms with E-state index in [0.717, 1.165) is 50.4 Å². The summed E-state index contributed by atoms with van der Waals surface area (Å²) in [6.45, 7) is 0.467. The van der Waals surface area contributed by atoms with Gasteiger partial charge in [-0.15, -0.1) is 0 Å². The zero-order valence-corrected chi connectivity index (χ0v) is 14.9. The molecule has 0 aromatic heterocycles. The Labute approximate surface area is 152 Å². The fourth-order valence-electron chi connectivity index (χ4n) is 3.84. The van der Waals surface area contributed by atoms with Crippen LogP contribution in [0, 0.1) is 17.7 Å². The molecule has 0 spiro atoms. The van der Waals surface area contributed by atoms with Gasteiger partial charge >= 0.3 is 0 Å². The number of nitrogens with one attached hydrogen (secondary N) is 1. The molecule has 0 bridgehead atoms. The predicted molar refractivity (Wildman–Crippen MR) is 94.8 cm³/mol. The van der Waals surface area contributed by atoms with Crippen LogP contribution < -0.4 is 11.1 Å². The van der Waals surface area contributed by atoms with Gasteiger partial charge in [0.05, 0.1) is 6.04 Å². The molecule has 2 aliphatic rings. The second-order valence-electron chi connectivity index (χ2n) is 7.46. The van der Waals surface area contributed by atoms with Gasteiger partial charge in [-0.3, -0.25) is 4.79 Å². The van der Waals surface area contributed by atoms with Crippen LogP contribution in [-0.4, -0.2) is 24.8 Å². The van der Waals surface area contributed by atoms with E-state index in [1.807, 2.05) is 0 Å². The SMILES string of the molecule is NC(C(=O)NCC1(c2ccc(F)cc2Cl)CC1)C1CCC(C=O)CC1. The molecule has 1 amide bonds. The summed E-state index contributed by atoms with van der Waals surface area (Å²) in [7, 11) is 0. The highest BCUT2D eigenvalue weighted by molar-refractivity contribution is 6.31. The van der Waals surface area contributed by atoms with Crippen LogP contribution in [0.4, 0.5) is 4.39 Å². The monoisotopic (exact) mass is 366 g/mol. The van der Waals surface area contributed by atoms with E-state index in [0.29, 0.717) is 11.6 Å². The highest BCUT2D eigenvalue weighted by Crippen LogP contribution is 2.50. The summed E-state index contributed by atoms with van der Waals surface area (Å²) in [6.07, 6.45) is 6.08. The normalized spacial score (nSPS) is 25.9. The van der Waals surface area contributed by atoms with Gasteiger partial charge in [-0.2, -0.15) is 0 Å². The van der Waals surface area contributed by atoms with Crippen LogP contribution >= 0.6 is 11.6 Å². The van der Waals surface area contributed by atoms with Crippen molar-refractivity contribution in [2.75, 3.05) is 6.54 Å². The quantitative estimate of drug-likeness (QED) is 0.760. The number of hydrogen-bond donors (Lipinski definition) is 2. The maximum Gasteiger partial charge on any atom is 0.237 e. The molecule has 25 heavy (non-hydrogen) atoms. The minimum Gasteiger partial charge on any atom is -0.354 e. The van der Waals surface area contributed by atoms with Crippen LogP contribution in [0.1, 0.15) is 44.1 Å². The van der Waals surface area contributed by atoms with Gasteiger partial charge < -0.3 is 15.8 Å². The fourth-order valence-corrected chi connectivity index (χ4v) is 4.21. The molecule has 2 fully saturated rings. The number of benzene rings is 1. The maximum atomic E-state index is 13.2. The second-order valence-corrected chi connectivity index (χ2v) is 7.87. The molecule has 0 heterocycles. The van der Waals surface area contributed by atoms with Crippen molar-refractivity contribution >= 4 is 23.8 Å². The Balaban J connectivity index is 1.56. The van der Waals surface area contributed by atoms with Gasteiger partial charge in [0.25, 0.3) is 0 Å². The van der Waals surface area contributed by atoms with E-state index in [9.17, 15) is 14.0 Å². The molecule has 2 aliphatic carbocycles. The molecule has 4 nitrogen and oxygen atoms in total. The number of halogens is 2. The third-order valence-electron chi connectivity index (χ3n) is 5.78. The van der Waals surface area contributed by atoms with Crippen LogP contribution in [-0.2, 0) is 15.0 Å². The van der Waals surface area contributed by atoms with Gasteiger partial charge in [-0.1, -0.05) is 17.7 Å². The van der Waals surface area contributed by atoms with Gasteiger partial charge in [0.1, 0.15) is 12.1 Å². The van der Waals surface area contributed by atoms with Gasteiger partial charge in [0.15, 0.2) is 0 Å². The summed E-state index contributed by atoms with van der Waals surface area (Å²) in [5.41, 5.74) is 6.83. The van der Waals surface area contributed by atoms with E-state index in [-0.39, 0.29) is 29.0 Å². The first kappa shape index (κ1) is 18.3. The molecule has 3 rings (SSSR count). The molecule has 0 radical (unpaired) electrons. The molecule has 1 unspecified atom stereocenters. The average molecular weight is 367 g/mol. The van der Waals surface area contributed by atoms with Crippen LogP contribution in [0.25, 0.3) is 0 Å². The lowest BCUT2D eigenvalue weighted by atomic mass is 9.79. The van der Waals surface area contributed by atoms with E-state index in [4.69, 9.17) is 17.3 Å². The van der Waals surface area contributed by atoms with E-state index >= 15 is 0 Å². The summed E-state index contributed by atoms with van der Waals surface area (Å²) < 4.78 is 13.2. The third kappa shape index (κ3) is 4.04. The lowest BCUT2D eigenvalue weighted by Gasteiger charge is -2.29. The summed E-state index contributed by atoms with van der Waals surface area (Å²) in [5.74, 6) is -0.275. The first-order valence-corrected chi connectivity index (χ1v) is 9.27. The lowest BCUT2D eigenvalue weighted by molar-refractivity contribution is -0.124.